The fourth-order valence-electron chi connectivity index (χ4n) is 6.34. The Kier molecular flexibility index (Phi) is 25.6. The van der Waals surface area contributed by atoms with E-state index in [1.54, 1.807) is 62.3 Å². The van der Waals surface area contributed by atoms with Gasteiger partial charge >= 0.3 is 18.3 Å². The van der Waals surface area contributed by atoms with E-state index in [0.29, 0.717) is 51.4 Å². The molecule has 0 saturated carbocycles. The highest BCUT2D eigenvalue weighted by Crippen LogP contribution is 2.29. The van der Waals surface area contributed by atoms with Gasteiger partial charge in [-0.1, -0.05) is 32.6 Å². The maximum Gasteiger partial charge on any atom is 0.408 e. The Morgan fingerprint density at radius 2 is 1.05 bits per heavy atom. The van der Waals surface area contributed by atoms with Crippen LogP contribution in [-0.2, 0) is 28.6 Å². The lowest BCUT2D eigenvalue weighted by Crippen LogP contribution is -2.52. The van der Waals surface area contributed by atoms with Crippen molar-refractivity contribution in [3.05, 3.63) is 38.4 Å². The van der Waals surface area contributed by atoms with E-state index in [1.165, 1.54) is 12.1 Å². The van der Waals surface area contributed by atoms with Gasteiger partial charge in [0.05, 0.1) is 22.0 Å². The third kappa shape index (κ3) is 26.9. The van der Waals surface area contributed by atoms with Gasteiger partial charge in [0.2, 0.25) is 11.8 Å². The SMILES string of the molecule is CCCCCC(NC(=O)OC(C)(C)C)C(=O)NCCCCC(NC(=O)C(CCCCNC(=O)OC(C)(C)C)NC(=O)OC(C)(C)C)C(=O)CCCCCNc1ccc([N+](=O)[O-])cc1[N+](=O)[O-]. The number of nitrogens with one attached hydrogen (secondary N) is 6. The van der Waals surface area contributed by atoms with Crippen molar-refractivity contribution >= 4 is 52.9 Å². The standard InChI is InChI=1S/C45H76N8O13/c1-11-12-14-22-34(50-41(58)65-44(5,6)7)38(55)47-28-19-16-21-33(37(54)24-15-13-18-27-46-32-26-25-31(52(60)61)30-36(32)53(62)63)49-39(56)35(51-42(59)66-45(8,9)10)23-17-20-29-48-40(57)64-43(2,3)4/h25-26,30,33-35,46H,11-24,27-29H2,1-10H3,(H,47,55)(H,48,57)(H,49,56)(H,50,58)(H,51,59). The first-order valence-corrected chi connectivity index (χ1v) is 22.9. The molecule has 3 unspecified atom stereocenters. The average Bonchev–Trinajstić information content (AvgIpc) is 3.18. The summed E-state index contributed by atoms with van der Waals surface area (Å²) in [5.41, 5.74) is -2.99. The maximum atomic E-state index is 13.9. The number of alkyl carbamates (subject to hydrolysis) is 3. The average molecular weight is 937 g/mol. The summed E-state index contributed by atoms with van der Waals surface area (Å²) in [5, 5.41) is 39.2. The van der Waals surface area contributed by atoms with Crippen LogP contribution in [-0.4, -0.2) is 100 Å². The number of carbonyl (C=O) groups is 6. The fraction of sp³-hybridized carbons (Fsp3) is 0.733. The van der Waals surface area contributed by atoms with Crippen molar-refractivity contribution in [1.82, 2.24) is 26.6 Å². The first kappa shape index (κ1) is 58.3. The van der Waals surface area contributed by atoms with E-state index in [9.17, 15) is 49.0 Å². The van der Waals surface area contributed by atoms with Gasteiger partial charge in [-0.2, -0.15) is 0 Å². The van der Waals surface area contributed by atoms with Crippen molar-refractivity contribution in [2.75, 3.05) is 25.0 Å². The van der Waals surface area contributed by atoms with Crippen LogP contribution in [0.2, 0.25) is 0 Å². The summed E-state index contributed by atoms with van der Waals surface area (Å²) in [6.45, 7) is 18.3. The van der Waals surface area contributed by atoms with Crippen LogP contribution in [0.5, 0.6) is 0 Å². The number of Topliss-reactive ketones (excluding diaryl/α,β-unsaturated/α-hetero) is 1. The molecule has 374 valence electrons. The summed E-state index contributed by atoms with van der Waals surface area (Å²) in [4.78, 5) is 99.5. The van der Waals surface area contributed by atoms with Gasteiger partial charge < -0.3 is 46.1 Å². The molecule has 1 rings (SSSR count). The Hall–Kier alpha value is -5.76. The molecule has 0 radical (unpaired) electrons. The summed E-state index contributed by atoms with van der Waals surface area (Å²) >= 11 is 0. The molecule has 0 aliphatic rings. The second kappa shape index (κ2) is 29.0. The van der Waals surface area contributed by atoms with Gasteiger partial charge in [0.25, 0.3) is 11.4 Å². The zero-order valence-electron chi connectivity index (χ0n) is 40.7. The zero-order valence-corrected chi connectivity index (χ0v) is 40.7. The van der Waals surface area contributed by atoms with Gasteiger partial charge in [-0.05, 0) is 126 Å². The molecule has 0 saturated heterocycles. The Morgan fingerprint density at radius 1 is 0.561 bits per heavy atom. The van der Waals surface area contributed by atoms with Crippen LogP contribution in [0, 0.1) is 20.2 Å². The maximum absolute atomic E-state index is 13.9. The molecular weight excluding hydrogens is 861 g/mol. The third-order valence-electron chi connectivity index (χ3n) is 9.43. The molecule has 3 atom stereocenters. The van der Waals surface area contributed by atoms with Crippen LogP contribution in [0.3, 0.4) is 0 Å². The number of benzene rings is 1. The van der Waals surface area contributed by atoms with E-state index in [0.717, 1.165) is 25.3 Å². The fourth-order valence-corrected chi connectivity index (χ4v) is 6.34. The number of hydrogen-bond acceptors (Lipinski definition) is 14. The summed E-state index contributed by atoms with van der Waals surface area (Å²) in [7, 11) is 0. The summed E-state index contributed by atoms with van der Waals surface area (Å²) in [6, 6.07) is 0.479. The number of ketones is 1. The minimum absolute atomic E-state index is 0.0790. The predicted molar refractivity (Wildman–Crippen MR) is 249 cm³/mol. The van der Waals surface area contributed by atoms with Crippen molar-refractivity contribution in [1.29, 1.82) is 0 Å². The summed E-state index contributed by atoms with van der Waals surface area (Å²) < 4.78 is 16.0. The lowest BCUT2D eigenvalue weighted by molar-refractivity contribution is -0.393. The summed E-state index contributed by atoms with van der Waals surface area (Å²) in [5.74, 6) is -1.24. The van der Waals surface area contributed by atoms with Crippen molar-refractivity contribution in [2.24, 2.45) is 0 Å². The molecule has 0 heterocycles. The molecule has 0 aliphatic carbocycles. The Morgan fingerprint density at radius 3 is 1.56 bits per heavy atom. The topological polar surface area (TPSA) is 289 Å². The van der Waals surface area contributed by atoms with E-state index in [2.05, 4.69) is 31.9 Å². The lowest BCUT2D eigenvalue weighted by atomic mass is 9.99. The van der Waals surface area contributed by atoms with Crippen LogP contribution in [0.4, 0.5) is 31.4 Å². The number of nitro benzene ring substituents is 2. The van der Waals surface area contributed by atoms with Gasteiger partial charge in [0.1, 0.15) is 34.6 Å². The molecule has 1 aromatic carbocycles. The minimum atomic E-state index is -1.09. The van der Waals surface area contributed by atoms with Crippen LogP contribution < -0.4 is 31.9 Å². The first-order valence-electron chi connectivity index (χ1n) is 22.9. The van der Waals surface area contributed by atoms with Gasteiger partial charge in [-0.25, -0.2) is 14.4 Å². The quantitative estimate of drug-likeness (QED) is 0.0193. The number of amides is 5. The second-order valence-electron chi connectivity index (χ2n) is 19.1. The predicted octanol–water partition coefficient (Wildman–Crippen LogP) is 7.88. The molecule has 0 aromatic heterocycles. The van der Waals surface area contributed by atoms with Gasteiger partial charge in [-0.15, -0.1) is 0 Å². The van der Waals surface area contributed by atoms with E-state index in [-0.39, 0.29) is 56.3 Å². The van der Waals surface area contributed by atoms with Crippen LogP contribution in [0.25, 0.3) is 0 Å². The molecule has 0 aliphatic heterocycles. The van der Waals surface area contributed by atoms with E-state index < -0.39 is 80.3 Å². The number of nitrogens with zero attached hydrogens (tertiary/aromatic N) is 2. The molecular formula is C45H76N8O13. The van der Waals surface area contributed by atoms with E-state index in [4.69, 9.17) is 14.2 Å². The number of carbonyl (C=O) groups excluding carboxylic acids is 6. The van der Waals surface area contributed by atoms with Crippen LogP contribution in [0.1, 0.15) is 159 Å². The number of non-ortho nitro benzene ring substituents is 1. The Balaban J connectivity index is 3.08. The van der Waals surface area contributed by atoms with Crippen molar-refractivity contribution < 1.29 is 52.8 Å². The Bertz CT molecular complexity index is 1760. The minimum Gasteiger partial charge on any atom is -0.444 e. The smallest absolute Gasteiger partial charge is 0.408 e. The molecule has 0 fully saturated rings. The molecule has 0 bridgehead atoms. The monoisotopic (exact) mass is 937 g/mol. The number of unbranched alkanes of at least 4 members (excludes halogenated alkanes) is 6. The van der Waals surface area contributed by atoms with Gasteiger partial charge in [0.15, 0.2) is 5.78 Å². The summed E-state index contributed by atoms with van der Waals surface area (Å²) in [6.07, 6.45) is 4.45. The zero-order chi connectivity index (χ0) is 50.1. The highest BCUT2D eigenvalue weighted by molar-refractivity contribution is 5.92. The number of hydrogen-bond donors (Lipinski definition) is 6. The van der Waals surface area contributed by atoms with Crippen LogP contribution in [0.15, 0.2) is 18.2 Å². The molecule has 66 heavy (non-hydrogen) atoms. The number of rotatable bonds is 29. The van der Waals surface area contributed by atoms with Crippen molar-refractivity contribution in [3.8, 4) is 0 Å². The molecule has 1 aromatic rings. The third-order valence-corrected chi connectivity index (χ3v) is 9.43. The van der Waals surface area contributed by atoms with Crippen molar-refractivity contribution in [3.63, 3.8) is 0 Å². The van der Waals surface area contributed by atoms with E-state index in [1.807, 2.05) is 6.92 Å². The highest BCUT2D eigenvalue weighted by Gasteiger charge is 2.29. The van der Waals surface area contributed by atoms with Crippen LogP contribution >= 0.6 is 0 Å². The second-order valence-corrected chi connectivity index (χ2v) is 19.1. The molecule has 21 nitrogen and oxygen atoms in total. The Labute approximate surface area is 389 Å². The normalized spacial score (nSPS) is 12.9. The molecule has 0 spiro atoms. The number of nitro groups is 2. The lowest BCUT2D eigenvalue weighted by Gasteiger charge is -2.25. The molecule has 5 amide bonds. The first-order chi connectivity index (χ1) is 30.7. The van der Waals surface area contributed by atoms with E-state index >= 15 is 0 Å². The van der Waals surface area contributed by atoms with Crippen molar-refractivity contribution in [2.45, 2.75) is 194 Å². The number of anilines is 1. The highest BCUT2D eigenvalue weighted by atomic mass is 16.6. The molecule has 6 N–H and O–H groups in total. The largest absolute Gasteiger partial charge is 0.444 e. The van der Waals surface area contributed by atoms with Gasteiger partial charge in [-0.3, -0.25) is 34.6 Å². The number of ether oxygens (including phenoxy) is 3. The van der Waals surface area contributed by atoms with Gasteiger partial charge in [0, 0.05) is 32.1 Å². The molecule has 21 heteroatoms.